The first-order valence-electron chi connectivity index (χ1n) is 5.47. The van der Waals surface area contributed by atoms with Crippen molar-refractivity contribution in [3.05, 3.63) is 30.1 Å². The van der Waals surface area contributed by atoms with Crippen molar-refractivity contribution in [3.63, 3.8) is 0 Å². The quantitative estimate of drug-likeness (QED) is 0.846. The van der Waals surface area contributed by atoms with Crippen LogP contribution in [0.3, 0.4) is 0 Å². The van der Waals surface area contributed by atoms with Crippen LogP contribution in [-0.2, 0) is 4.74 Å². The predicted molar refractivity (Wildman–Crippen MR) is 58.8 cm³/mol. The molecule has 0 saturated carbocycles. The smallest absolute Gasteiger partial charge is 0.126 e. The maximum absolute atomic E-state index is 12.9. The van der Waals surface area contributed by atoms with Crippen LogP contribution in [0.4, 0.5) is 4.39 Å². The van der Waals surface area contributed by atoms with E-state index in [1.54, 1.807) is 12.1 Å². The van der Waals surface area contributed by atoms with Gasteiger partial charge in [0.15, 0.2) is 0 Å². The Kier molecular flexibility index (Phi) is 3.74. The first-order valence-corrected chi connectivity index (χ1v) is 5.47. The molecule has 1 saturated heterocycles. The van der Waals surface area contributed by atoms with Gasteiger partial charge >= 0.3 is 0 Å². The Labute approximate surface area is 94.3 Å². The van der Waals surface area contributed by atoms with Crippen LogP contribution in [0.25, 0.3) is 0 Å². The Morgan fingerprint density at radius 2 is 2.44 bits per heavy atom. The molecule has 1 fully saturated rings. The van der Waals surface area contributed by atoms with E-state index < -0.39 is 0 Å². The summed E-state index contributed by atoms with van der Waals surface area (Å²) in [6.45, 7) is 1.88. The normalized spacial score (nSPS) is 22.0. The number of ether oxygens (including phenoxy) is 2. The van der Waals surface area contributed by atoms with Gasteiger partial charge < -0.3 is 15.2 Å². The molecule has 2 N–H and O–H groups in total. The van der Waals surface area contributed by atoms with Crippen molar-refractivity contribution in [1.82, 2.24) is 0 Å². The summed E-state index contributed by atoms with van der Waals surface area (Å²) >= 11 is 0. The molecule has 1 aromatic rings. The van der Waals surface area contributed by atoms with Crippen molar-refractivity contribution in [2.75, 3.05) is 19.8 Å². The van der Waals surface area contributed by atoms with Gasteiger partial charge in [-0.05, 0) is 18.6 Å². The molecular formula is C12H16FNO2. The maximum atomic E-state index is 12.9. The second kappa shape index (κ2) is 5.27. The molecule has 2 rings (SSSR count). The number of hydrogen-bond donors (Lipinski definition) is 1. The second-order valence-electron chi connectivity index (χ2n) is 4.06. The number of rotatable bonds is 4. The molecular weight excluding hydrogens is 209 g/mol. The zero-order valence-corrected chi connectivity index (χ0v) is 9.06. The number of nitrogens with two attached hydrogens (primary N) is 1. The van der Waals surface area contributed by atoms with Gasteiger partial charge in [0.25, 0.3) is 0 Å². The summed E-state index contributed by atoms with van der Waals surface area (Å²) in [4.78, 5) is 0. The first kappa shape index (κ1) is 11.4. The highest BCUT2D eigenvalue weighted by Gasteiger charge is 2.23. The maximum Gasteiger partial charge on any atom is 0.126 e. The minimum absolute atomic E-state index is 0.0502. The van der Waals surface area contributed by atoms with Crippen LogP contribution in [-0.4, -0.2) is 25.9 Å². The van der Waals surface area contributed by atoms with Gasteiger partial charge in [-0.1, -0.05) is 6.07 Å². The topological polar surface area (TPSA) is 44.5 Å². The minimum Gasteiger partial charge on any atom is -0.492 e. The molecule has 88 valence electrons. The van der Waals surface area contributed by atoms with Crippen molar-refractivity contribution in [2.24, 2.45) is 11.7 Å². The van der Waals surface area contributed by atoms with Crippen LogP contribution in [0.5, 0.6) is 5.75 Å². The summed E-state index contributed by atoms with van der Waals surface area (Å²) in [6, 6.07) is 6.04. The first-order chi connectivity index (χ1) is 7.75. The monoisotopic (exact) mass is 225 g/mol. The summed E-state index contributed by atoms with van der Waals surface area (Å²) in [5, 5.41) is 0. The zero-order valence-electron chi connectivity index (χ0n) is 9.06. The predicted octanol–water partition coefficient (Wildman–Crippen LogP) is 1.57. The van der Waals surface area contributed by atoms with Crippen molar-refractivity contribution in [2.45, 2.75) is 12.5 Å². The molecule has 1 aromatic carbocycles. The molecule has 3 nitrogen and oxygen atoms in total. The molecule has 1 aliphatic rings. The number of benzene rings is 1. The molecule has 2 unspecified atom stereocenters. The van der Waals surface area contributed by atoms with E-state index in [0.29, 0.717) is 24.9 Å². The molecule has 2 atom stereocenters. The van der Waals surface area contributed by atoms with Gasteiger partial charge in [-0.15, -0.1) is 0 Å². The van der Waals surface area contributed by atoms with Crippen molar-refractivity contribution in [3.8, 4) is 5.75 Å². The van der Waals surface area contributed by atoms with E-state index in [4.69, 9.17) is 15.2 Å². The van der Waals surface area contributed by atoms with Gasteiger partial charge in [-0.2, -0.15) is 0 Å². The van der Waals surface area contributed by atoms with Crippen molar-refractivity contribution < 1.29 is 13.9 Å². The average Bonchev–Trinajstić information content (AvgIpc) is 2.79. The van der Waals surface area contributed by atoms with E-state index in [9.17, 15) is 4.39 Å². The van der Waals surface area contributed by atoms with Crippen LogP contribution >= 0.6 is 0 Å². The molecule has 0 spiro atoms. The molecule has 0 aromatic heterocycles. The van der Waals surface area contributed by atoms with Crippen LogP contribution in [0.2, 0.25) is 0 Å². The standard InChI is InChI=1S/C12H16FNO2/c13-10-2-1-3-11(6-10)16-8-12(14)9-4-5-15-7-9/h1-3,6,9,12H,4-5,7-8,14H2. The summed E-state index contributed by atoms with van der Waals surface area (Å²) in [5.74, 6) is 0.582. The summed E-state index contributed by atoms with van der Waals surface area (Å²) < 4.78 is 23.6. The van der Waals surface area contributed by atoms with Gasteiger partial charge in [0.2, 0.25) is 0 Å². The Balaban J connectivity index is 1.82. The highest BCUT2D eigenvalue weighted by molar-refractivity contribution is 5.22. The van der Waals surface area contributed by atoms with Gasteiger partial charge in [0.05, 0.1) is 6.61 Å². The molecule has 1 aliphatic heterocycles. The van der Waals surface area contributed by atoms with E-state index in [0.717, 1.165) is 13.0 Å². The number of halogens is 1. The lowest BCUT2D eigenvalue weighted by Crippen LogP contribution is -2.36. The fourth-order valence-electron chi connectivity index (χ4n) is 1.78. The van der Waals surface area contributed by atoms with E-state index in [1.165, 1.54) is 12.1 Å². The molecule has 4 heteroatoms. The Morgan fingerprint density at radius 3 is 3.12 bits per heavy atom. The second-order valence-corrected chi connectivity index (χ2v) is 4.06. The molecule has 0 radical (unpaired) electrons. The molecule has 0 amide bonds. The van der Waals surface area contributed by atoms with E-state index >= 15 is 0 Å². The lowest BCUT2D eigenvalue weighted by molar-refractivity contribution is 0.170. The SMILES string of the molecule is NC(COc1cccc(F)c1)C1CCOC1. The molecule has 1 heterocycles. The molecule has 0 aliphatic carbocycles. The third-order valence-electron chi connectivity index (χ3n) is 2.81. The minimum atomic E-state index is -0.296. The molecule has 16 heavy (non-hydrogen) atoms. The van der Waals surface area contributed by atoms with Crippen LogP contribution in [0, 0.1) is 11.7 Å². The number of hydrogen-bond acceptors (Lipinski definition) is 3. The van der Waals surface area contributed by atoms with Crippen LogP contribution < -0.4 is 10.5 Å². The van der Waals surface area contributed by atoms with E-state index in [-0.39, 0.29) is 11.9 Å². The van der Waals surface area contributed by atoms with Crippen molar-refractivity contribution in [1.29, 1.82) is 0 Å². The van der Waals surface area contributed by atoms with Gasteiger partial charge in [-0.25, -0.2) is 4.39 Å². The van der Waals surface area contributed by atoms with Gasteiger partial charge in [-0.3, -0.25) is 0 Å². The van der Waals surface area contributed by atoms with Crippen LogP contribution in [0.1, 0.15) is 6.42 Å². The third kappa shape index (κ3) is 2.93. The lowest BCUT2D eigenvalue weighted by Gasteiger charge is -2.18. The highest BCUT2D eigenvalue weighted by Crippen LogP contribution is 2.17. The third-order valence-corrected chi connectivity index (χ3v) is 2.81. The summed E-state index contributed by atoms with van der Waals surface area (Å²) in [5.41, 5.74) is 5.97. The van der Waals surface area contributed by atoms with Gasteiger partial charge in [0, 0.05) is 24.6 Å². The van der Waals surface area contributed by atoms with E-state index in [2.05, 4.69) is 0 Å². The summed E-state index contributed by atoms with van der Waals surface area (Å²) in [7, 11) is 0. The fourth-order valence-corrected chi connectivity index (χ4v) is 1.78. The Morgan fingerprint density at radius 1 is 1.56 bits per heavy atom. The zero-order chi connectivity index (χ0) is 11.4. The van der Waals surface area contributed by atoms with Crippen molar-refractivity contribution >= 4 is 0 Å². The van der Waals surface area contributed by atoms with Gasteiger partial charge in [0.1, 0.15) is 18.2 Å². The Hall–Kier alpha value is -1.13. The fraction of sp³-hybridized carbons (Fsp3) is 0.500. The molecule has 0 bridgehead atoms. The Bertz CT molecular complexity index is 340. The average molecular weight is 225 g/mol. The summed E-state index contributed by atoms with van der Waals surface area (Å²) in [6.07, 6.45) is 0.980. The largest absolute Gasteiger partial charge is 0.492 e. The van der Waals surface area contributed by atoms with Crippen LogP contribution in [0.15, 0.2) is 24.3 Å². The lowest BCUT2D eigenvalue weighted by atomic mass is 10.0. The highest BCUT2D eigenvalue weighted by atomic mass is 19.1. The van der Waals surface area contributed by atoms with E-state index in [1.807, 2.05) is 0 Å².